The molecule has 0 atom stereocenters. The van der Waals surface area contributed by atoms with Crippen LogP contribution in [0.2, 0.25) is 0 Å². The predicted molar refractivity (Wildman–Crippen MR) is 44.6 cm³/mol. The molecular weight excluding hydrogens is 168 g/mol. The number of hydrogen-bond acceptors (Lipinski definition) is 0. The van der Waals surface area contributed by atoms with Gasteiger partial charge in [0.15, 0.2) is 0 Å². The Hall–Kier alpha value is 0.194. The van der Waals surface area contributed by atoms with Crippen LogP contribution >= 0.6 is 0 Å². The van der Waals surface area contributed by atoms with Crippen LogP contribution < -0.4 is 0 Å². The zero-order valence-corrected chi connectivity index (χ0v) is 9.56. The Labute approximate surface area is 84.6 Å². The molecule has 0 spiro atoms. The molecule has 0 aliphatic heterocycles. The van der Waals surface area contributed by atoms with E-state index in [1.165, 1.54) is 16.7 Å². The molecular formula is C10H15Ti-. The summed E-state index contributed by atoms with van der Waals surface area (Å²) < 4.78 is 0. The van der Waals surface area contributed by atoms with Crippen LogP contribution in [0.25, 0.3) is 0 Å². The van der Waals surface area contributed by atoms with Crippen molar-refractivity contribution in [1.29, 1.82) is 0 Å². The molecule has 0 fully saturated rings. The van der Waals surface area contributed by atoms with E-state index in [0.29, 0.717) is 0 Å². The van der Waals surface area contributed by atoms with Crippen LogP contribution in [0.3, 0.4) is 0 Å². The molecule has 0 aromatic heterocycles. The van der Waals surface area contributed by atoms with E-state index < -0.39 is 0 Å². The average molecular weight is 183 g/mol. The third kappa shape index (κ3) is 1.86. The first-order valence-electron chi connectivity index (χ1n) is 3.75. The van der Waals surface area contributed by atoms with Crippen molar-refractivity contribution in [3.63, 3.8) is 0 Å². The molecule has 1 aliphatic rings. The number of allylic oxidation sites excluding steroid dienone is 4. The Kier molecular flexibility index (Phi) is 3.34. The third-order valence-electron chi connectivity index (χ3n) is 2.56. The number of hydrogen-bond donors (Lipinski definition) is 0. The second-order valence-electron chi connectivity index (χ2n) is 3.62. The molecule has 0 heterocycles. The van der Waals surface area contributed by atoms with Crippen molar-refractivity contribution < 1.29 is 21.7 Å². The van der Waals surface area contributed by atoms with Gasteiger partial charge in [0.1, 0.15) is 0 Å². The molecule has 0 saturated heterocycles. The SMILES string of the molecule is CC1=[C-]C(C)(C)C(C)=C1C.[Ti]. The van der Waals surface area contributed by atoms with Gasteiger partial charge in [-0.05, 0) is 0 Å². The van der Waals surface area contributed by atoms with Crippen molar-refractivity contribution in [2.24, 2.45) is 5.41 Å². The minimum absolute atomic E-state index is 0. The molecule has 0 amide bonds. The molecule has 0 aromatic carbocycles. The molecule has 0 nitrogen and oxygen atoms in total. The molecule has 0 radical (unpaired) electrons. The van der Waals surface area contributed by atoms with Gasteiger partial charge in [0, 0.05) is 21.7 Å². The van der Waals surface area contributed by atoms with E-state index >= 15 is 0 Å². The summed E-state index contributed by atoms with van der Waals surface area (Å²) >= 11 is 0. The van der Waals surface area contributed by atoms with Gasteiger partial charge in [-0.15, -0.1) is 6.92 Å². The second kappa shape index (κ2) is 3.29. The minimum atomic E-state index is 0. The summed E-state index contributed by atoms with van der Waals surface area (Å²) in [5.74, 6) is 0. The second-order valence-corrected chi connectivity index (χ2v) is 3.62. The van der Waals surface area contributed by atoms with Gasteiger partial charge < -0.3 is 0 Å². The van der Waals surface area contributed by atoms with Crippen LogP contribution in [0.4, 0.5) is 0 Å². The van der Waals surface area contributed by atoms with E-state index in [9.17, 15) is 0 Å². The molecule has 60 valence electrons. The summed E-state index contributed by atoms with van der Waals surface area (Å²) in [7, 11) is 0. The summed E-state index contributed by atoms with van der Waals surface area (Å²) in [5.41, 5.74) is 4.39. The standard InChI is InChI=1S/C10H15.Ti/c1-7-6-10(4,5)9(3)8(7)2;/h1-5H3;/q-1;. The van der Waals surface area contributed by atoms with E-state index in [0.717, 1.165) is 0 Å². The normalized spacial score (nSPS) is 21.4. The van der Waals surface area contributed by atoms with Crippen LogP contribution in [-0.2, 0) is 21.7 Å². The first kappa shape index (κ1) is 11.2. The molecule has 0 saturated carbocycles. The van der Waals surface area contributed by atoms with Gasteiger partial charge in [-0.25, -0.2) is 5.57 Å². The van der Waals surface area contributed by atoms with E-state index in [1.807, 2.05) is 0 Å². The topological polar surface area (TPSA) is 0 Å². The van der Waals surface area contributed by atoms with Gasteiger partial charge >= 0.3 is 0 Å². The van der Waals surface area contributed by atoms with Crippen LogP contribution in [0.5, 0.6) is 0 Å². The fourth-order valence-electron chi connectivity index (χ4n) is 1.41. The van der Waals surface area contributed by atoms with Gasteiger partial charge in [0.05, 0.1) is 0 Å². The van der Waals surface area contributed by atoms with Crippen LogP contribution in [0.15, 0.2) is 16.7 Å². The van der Waals surface area contributed by atoms with E-state index in [2.05, 4.69) is 40.7 Å². The molecule has 0 bridgehead atoms. The van der Waals surface area contributed by atoms with Crippen molar-refractivity contribution in [1.82, 2.24) is 0 Å². The van der Waals surface area contributed by atoms with Crippen LogP contribution in [-0.4, -0.2) is 0 Å². The third-order valence-corrected chi connectivity index (χ3v) is 2.56. The zero-order chi connectivity index (χ0) is 7.94. The molecule has 0 unspecified atom stereocenters. The van der Waals surface area contributed by atoms with Gasteiger partial charge in [-0.3, -0.25) is 6.08 Å². The Bertz CT molecular complexity index is 219. The smallest absolute Gasteiger partial charge is 0 e. The molecule has 1 aliphatic carbocycles. The fourth-order valence-corrected chi connectivity index (χ4v) is 1.41. The van der Waals surface area contributed by atoms with E-state index in [1.54, 1.807) is 0 Å². The van der Waals surface area contributed by atoms with E-state index in [-0.39, 0.29) is 27.1 Å². The van der Waals surface area contributed by atoms with Gasteiger partial charge in [0.2, 0.25) is 0 Å². The Balaban J connectivity index is 0.000001000. The van der Waals surface area contributed by atoms with Crippen LogP contribution in [0.1, 0.15) is 34.6 Å². The molecule has 11 heavy (non-hydrogen) atoms. The van der Waals surface area contributed by atoms with Gasteiger partial charge in [0.25, 0.3) is 0 Å². The summed E-state index contributed by atoms with van der Waals surface area (Å²) in [5, 5.41) is 0. The van der Waals surface area contributed by atoms with Crippen LogP contribution in [0, 0.1) is 11.5 Å². The monoisotopic (exact) mass is 183 g/mol. The first-order chi connectivity index (χ1) is 4.45. The summed E-state index contributed by atoms with van der Waals surface area (Å²) in [4.78, 5) is 0. The zero-order valence-electron chi connectivity index (χ0n) is 8.00. The maximum atomic E-state index is 3.44. The minimum Gasteiger partial charge on any atom is -0.263 e. The molecule has 1 heteroatoms. The molecule has 0 N–H and O–H groups in total. The fraction of sp³-hybridized carbons (Fsp3) is 0.600. The predicted octanol–water partition coefficient (Wildman–Crippen LogP) is 3.11. The summed E-state index contributed by atoms with van der Waals surface area (Å²) in [6.07, 6.45) is 3.44. The van der Waals surface area contributed by atoms with Crippen molar-refractivity contribution in [3.05, 3.63) is 22.8 Å². The molecule has 0 aromatic rings. The van der Waals surface area contributed by atoms with Crippen molar-refractivity contribution in [3.8, 4) is 0 Å². The van der Waals surface area contributed by atoms with Crippen molar-refractivity contribution >= 4 is 0 Å². The molecule has 1 rings (SSSR count). The van der Waals surface area contributed by atoms with Crippen molar-refractivity contribution in [2.45, 2.75) is 34.6 Å². The Morgan fingerprint density at radius 1 is 1.09 bits per heavy atom. The Morgan fingerprint density at radius 2 is 1.55 bits per heavy atom. The average Bonchev–Trinajstić information content (AvgIpc) is 1.95. The largest absolute Gasteiger partial charge is 0.263 e. The maximum Gasteiger partial charge on any atom is 0 e. The summed E-state index contributed by atoms with van der Waals surface area (Å²) in [6.45, 7) is 10.9. The summed E-state index contributed by atoms with van der Waals surface area (Å²) in [6, 6.07) is 0. The quantitative estimate of drug-likeness (QED) is 0.399. The van der Waals surface area contributed by atoms with Gasteiger partial charge in [-0.1, -0.05) is 33.1 Å². The first-order valence-corrected chi connectivity index (χ1v) is 3.75. The van der Waals surface area contributed by atoms with Crippen molar-refractivity contribution in [2.75, 3.05) is 0 Å². The maximum absolute atomic E-state index is 3.44. The van der Waals surface area contributed by atoms with E-state index in [4.69, 9.17) is 0 Å². The number of rotatable bonds is 0. The Morgan fingerprint density at radius 3 is 1.64 bits per heavy atom. The van der Waals surface area contributed by atoms with Gasteiger partial charge in [-0.2, -0.15) is 11.1 Å².